The molecule has 0 fully saturated rings. The summed E-state index contributed by atoms with van der Waals surface area (Å²) < 4.78 is 38.8. The molecule has 4 N–H and O–H groups in total. The van der Waals surface area contributed by atoms with Crippen molar-refractivity contribution in [1.82, 2.24) is 10.0 Å². The molecule has 0 unspecified atom stereocenters. The highest BCUT2D eigenvalue weighted by atomic mass is 32.2. The van der Waals surface area contributed by atoms with Crippen molar-refractivity contribution in [3.63, 3.8) is 0 Å². The Morgan fingerprint density at radius 2 is 1.59 bits per heavy atom. The summed E-state index contributed by atoms with van der Waals surface area (Å²) in [6, 6.07) is 21.4. The first-order valence-corrected chi connectivity index (χ1v) is 16.8. The van der Waals surface area contributed by atoms with Gasteiger partial charge in [-0.3, -0.25) is 4.79 Å². The SMILES string of the molecule is CC(=O)OCc1cc([C@@H](O)CNCCCCCCOCCCCc2cccc(S(=O)(=O)NCc3ccccc3)c2)ccc1O. The molecule has 3 rings (SSSR count). The van der Waals surface area contributed by atoms with Gasteiger partial charge in [-0.25, -0.2) is 13.1 Å². The van der Waals surface area contributed by atoms with Crippen LogP contribution in [0.3, 0.4) is 0 Å². The third-order valence-electron chi connectivity index (χ3n) is 7.17. The van der Waals surface area contributed by atoms with Crippen molar-refractivity contribution in [3.05, 3.63) is 95.1 Å². The van der Waals surface area contributed by atoms with Crippen LogP contribution in [0.1, 0.15) is 73.8 Å². The van der Waals surface area contributed by atoms with Gasteiger partial charge < -0.3 is 25.0 Å². The Balaban J connectivity index is 1.19. The predicted molar refractivity (Wildman–Crippen MR) is 171 cm³/mol. The zero-order valence-electron chi connectivity index (χ0n) is 25.5. The number of nitrogens with one attached hydrogen (secondary N) is 2. The zero-order valence-corrected chi connectivity index (χ0v) is 26.4. The van der Waals surface area contributed by atoms with Crippen molar-refractivity contribution < 1.29 is 32.9 Å². The number of phenols is 1. The molecule has 9 nitrogen and oxygen atoms in total. The third-order valence-corrected chi connectivity index (χ3v) is 8.57. The summed E-state index contributed by atoms with van der Waals surface area (Å²) in [7, 11) is -3.57. The van der Waals surface area contributed by atoms with E-state index in [1.807, 2.05) is 36.4 Å². The first kappa shape index (κ1) is 35.2. The second-order valence-electron chi connectivity index (χ2n) is 10.8. The van der Waals surface area contributed by atoms with E-state index in [2.05, 4.69) is 10.0 Å². The van der Waals surface area contributed by atoms with E-state index in [9.17, 15) is 23.4 Å². The predicted octanol–water partition coefficient (Wildman–Crippen LogP) is 5.16. The molecular weight excluding hydrogens is 580 g/mol. The van der Waals surface area contributed by atoms with Gasteiger partial charge in [-0.1, -0.05) is 61.4 Å². The van der Waals surface area contributed by atoms with Crippen LogP contribution in [0.5, 0.6) is 5.75 Å². The summed E-state index contributed by atoms with van der Waals surface area (Å²) in [4.78, 5) is 11.3. The van der Waals surface area contributed by atoms with E-state index in [0.717, 1.165) is 69.2 Å². The lowest BCUT2D eigenvalue weighted by Crippen LogP contribution is -2.23. The number of ether oxygens (including phenoxy) is 2. The van der Waals surface area contributed by atoms with Crippen LogP contribution >= 0.6 is 0 Å². The quantitative estimate of drug-likeness (QED) is 0.0942. The molecule has 0 spiro atoms. The molecule has 0 aliphatic carbocycles. The van der Waals surface area contributed by atoms with Gasteiger partial charge in [0.1, 0.15) is 12.4 Å². The second-order valence-corrected chi connectivity index (χ2v) is 12.6. The molecule has 10 heteroatoms. The van der Waals surface area contributed by atoms with Crippen LogP contribution in [0, 0.1) is 0 Å². The van der Waals surface area contributed by atoms with E-state index in [1.165, 1.54) is 13.0 Å². The van der Waals surface area contributed by atoms with E-state index in [4.69, 9.17) is 9.47 Å². The summed E-state index contributed by atoms with van der Waals surface area (Å²) in [5.74, 6) is -0.397. The number of aliphatic hydroxyl groups is 1. The maximum absolute atomic E-state index is 12.7. The molecule has 0 bridgehead atoms. The van der Waals surface area contributed by atoms with Gasteiger partial charge in [0.25, 0.3) is 0 Å². The minimum Gasteiger partial charge on any atom is -0.508 e. The zero-order chi connectivity index (χ0) is 31.6. The normalized spacial score (nSPS) is 12.2. The van der Waals surface area contributed by atoms with Crippen molar-refractivity contribution in [2.75, 3.05) is 26.3 Å². The first-order chi connectivity index (χ1) is 21.2. The molecule has 240 valence electrons. The lowest BCUT2D eigenvalue weighted by atomic mass is 10.1. The number of phenolic OH excluding ortho intramolecular Hbond substituents is 1. The molecule has 3 aromatic rings. The summed E-state index contributed by atoms with van der Waals surface area (Å²) in [6.07, 6.45) is 6.05. The summed E-state index contributed by atoms with van der Waals surface area (Å²) in [5.41, 5.74) is 3.03. The maximum atomic E-state index is 12.7. The molecule has 0 aliphatic heterocycles. The van der Waals surface area contributed by atoms with Crippen LogP contribution in [-0.2, 0) is 43.9 Å². The van der Waals surface area contributed by atoms with Crippen molar-refractivity contribution in [3.8, 4) is 5.75 Å². The fourth-order valence-corrected chi connectivity index (χ4v) is 5.72. The standard InChI is InChI=1S/C34H46N2O7S/c1-27(37)43-26-31-23-30(17-18-33(31)38)34(39)25-35-19-8-2-3-9-20-42-21-10-7-12-28-15-11-16-32(22-28)44(40,41)36-24-29-13-5-4-6-14-29/h4-6,11,13-18,22-23,34-36,38-39H,2-3,7-10,12,19-21,24-26H2,1H3/t34-/m0/s1. The van der Waals surface area contributed by atoms with Crippen LogP contribution < -0.4 is 10.0 Å². The minimum absolute atomic E-state index is 0.0307. The number of aryl methyl sites for hydroxylation is 1. The van der Waals surface area contributed by atoms with Crippen molar-refractivity contribution in [2.45, 2.75) is 76.0 Å². The van der Waals surface area contributed by atoms with Gasteiger partial charge in [0.2, 0.25) is 10.0 Å². The minimum atomic E-state index is -3.57. The number of carbonyl (C=O) groups excluding carboxylic acids is 1. The average molecular weight is 627 g/mol. The first-order valence-electron chi connectivity index (χ1n) is 15.3. The lowest BCUT2D eigenvalue weighted by molar-refractivity contribution is -0.142. The highest BCUT2D eigenvalue weighted by molar-refractivity contribution is 7.89. The Labute approximate surface area is 261 Å². The molecule has 0 amide bonds. The smallest absolute Gasteiger partial charge is 0.302 e. The van der Waals surface area contributed by atoms with E-state index in [1.54, 1.807) is 30.3 Å². The van der Waals surface area contributed by atoms with Crippen molar-refractivity contribution in [1.29, 1.82) is 0 Å². The number of benzene rings is 3. The van der Waals surface area contributed by atoms with Crippen LogP contribution in [0.25, 0.3) is 0 Å². The average Bonchev–Trinajstić information content (AvgIpc) is 3.02. The lowest BCUT2D eigenvalue weighted by Gasteiger charge is -2.14. The number of unbranched alkanes of at least 4 members (excludes halogenated alkanes) is 4. The molecule has 3 aromatic carbocycles. The summed E-state index contributed by atoms with van der Waals surface area (Å²) in [6.45, 7) is 4.14. The number of aromatic hydroxyl groups is 1. The molecular formula is C34H46N2O7S. The van der Waals surface area contributed by atoms with Crippen LogP contribution in [-0.4, -0.2) is 50.9 Å². The van der Waals surface area contributed by atoms with Gasteiger partial charge in [-0.15, -0.1) is 0 Å². The molecule has 0 heterocycles. The Kier molecular flexibility index (Phi) is 15.3. The van der Waals surface area contributed by atoms with Gasteiger partial charge in [0, 0.05) is 38.8 Å². The number of sulfonamides is 1. The molecule has 0 saturated heterocycles. The highest BCUT2D eigenvalue weighted by Crippen LogP contribution is 2.23. The summed E-state index contributed by atoms with van der Waals surface area (Å²) in [5, 5.41) is 23.6. The van der Waals surface area contributed by atoms with Gasteiger partial charge in [-0.2, -0.15) is 0 Å². The van der Waals surface area contributed by atoms with Gasteiger partial charge in [0.15, 0.2) is 0 Å². The largest absolute Gasteiger partial charge is 0.508 e. The molecule has 0 saturated carbocycles. The van der Waals surface area contributed by atoms with Crippen LogP contribution in [0.2, 0.25) is 0 Å². The number of rotatable bonds is 21. The Bertz CT molecular complexity index is 1380. The topological polar surface area (TPSA) is 134 Å². The molecule has 1 atom stereocenters. The van der Waals surface area contributed by atoms with E-state index < -0.39 is 22.1 Å². The fraction of sp³-hybridized carbons (Fsp3) is 0.441. The van der Waals surface area contributed by atoms with Crippen molar-refractivity contribution in [2.24, 2.45) is 0 Å². The van der Waals surface area contributed by atoms with Gasteiger partial charge >= 0.3 is 5.97 Å². The molecule has 44 heavy (non-hydrogen) atoms. The second kappa shape index (κ2) is 19.2. The Morgan fingerprint density at radius 3 is 2.36 bits per heavy atom. The monoisotopic (exact) mass is 626 g/mol. The van der Waals surface area contributed by atoms with E-state index in [0.29, 0.717) is 24.3 Å². The maximum Gasteiger partial charge on any atom is 0.302 e. The number of hydrogen-bond donors (Lipinski definition) is 4. The van der Waals surface area contributed by atoms with Gasteiger partial charge in [0.05, 0.1) is 11.0 Å². The number of carbonyl (C=O) groups is 1. The Hall–Kier alpha value is -3.28. The van der Waals surface area contributed by atoms with Gasteiger partial charge in [-0.05, 0) is 79.6 Å². The molecule has 0 aromatic heterocycles. The highest BCUT2D eigenvalue weighted by Gasteiger charge is 2.14. The Morgan fingerprint density at radius 1 is 0.864 bits per heavy atom. The van der Waals surface area contributed by atoms with E-state index in [-0.39, 0.29) is 23.8 Å². The number of aliphatic hydroxyl groups excluding tert-OH is 1. The van der Waals surface area contributed by atoms with Crippen LogP contribution in [0.15, 0.2) is 77.7 Å². The van der Waals surface area contributed by atoms with Crippen LogP contribution in [0.4, 0.5) is 0 Å². The molecule has 0 radical (unpaired) electrons. The fourth-order valence-electron chi connectivity index (χ4n) is 4.63. The van der Waals surface area contributed by atoms with Crippen molar-refractivity contribution >= 4 is 16.0 Å². The molecule has 0 aliphatic rings. The summed E-state index contributed by atoms with van der Waals surface area (Å²) >= 11 is 0. The third kappa shape index (κ3) is 13.2. The van der Waals surface area contributed by atoms with E-state index >= 15 is 0 Å². The number of hydrogen-bond acceptors (Lipinski definition) is 8. The number of esters is 1.